The number of carbonyl (C=O) groups is 2. The molecule has 0 bridgehead atoms. The fourth-order valence-electron chi connectivity index (χ4n) is 1.50. The molecule has 1 amide bonds. The minimum atomic E-state index is -0.882. The van der Waals surface area contributed by atoms with Gasteiger partial charge >= 0.3 is 5.97 Å². The summed E-state index contributed by atoms with van der Waals surface area (Å²) in [5, 5.41) is 20.1. The van der Waals surface area contributed by atoms with Gasteiger partial charge < -0.3 is 15.5 Å². The number of rotatable bonds is 10. The molecule has 0 fully saturated rings. The molecule has 0 aliphatic heterocycles. The van der Waals surface area contributed by atoms with Crippen LogP contribution in [0.1, 0.15) is 33.1 Å². The number of hydrogen-bond donors (Lipinski definition) is 3. The Bertz CT molecular complexity index is 269. The standard InChI is InChI=1S/C12H23NO4S/c1-12(2,9-11(16)17)8-10(15)13-4-7-18-6-3-5-14/h14H,3-9H2,1-2H3,(H,13,15)(H,16,17). The molecule has 0 aliphatic carbocycles. The van der Waals surface area contributed by atoms with Gasteiger partial charge in [-0.05, 0) is 17.6 Å². The molecule has 18 heavy (non-hydrogen) atoms. The Morgan fingerprint density at radius 3 is 2.44 bits per heavy atom. The molecule has 0 atom stereocenters. The lowest BCUT2D eigenvalue weighted by Gasteiger charge is -2.21. The van der Waals surface area contributed by atoms with Crippen molar-refractivity contribution in [2.24, 2.45) is 5.41 Å². The fourth-order valence-corrected chi connectivity index (χ4v) is 2.28. The quantitative estimate of drug-likeness (QED) is 0.521. The zero-order valence-corrected chi connectivity index (χ0v) is 11.9. The maximum atomic E-state index is 11.6. The summed E-state index contributed by atoms with van der Waals surface area (Å²) in [5.41, 5.74) is -0.514. The van der Waals surface area contributed by atoms with Crippen molar-refractivity contribution in [2.45, 2.75) is 33.1 Å². The Morgan fingerprint density at radius 2 is 1.89 bits per heavy atom. The molecule has 0 heterocycles. The first-order valence-corrected chi connectivity index (χ1v) is 7.20. The van der Waals surface area contributed by atoms with Gasteiger partial charge in [0.15, 0.2) is 0 Å². The average Bonchev–Trinajstić information content (AvgIpc) is 2.20. The largest absolute Gasteiger partial charge is 0.481 e. The molecule has 0 unspecified atom stereocenters. The third kappa shape index (κ3) is 10.4. The Morgan fingerprint density at radius 1 is 1.22 bits per heavy atom. The maximum Gasteiger partial charge on any atom is 0.303 e. The Kier molecular flexibility index (Phi) is 8.83. The van der Waals surface area contributed by atoms with Gasteiger partial charge in [-0.3, -0.25) is 9.59 Å². The van der Waals surface area contributed by atoms with Crippen molar-refractivity contribution in [1.29, 1.82) is 0 Å². The second kappa shape index (κ2) is 9.22. The van der Waals surface area contributed by atoms with Gasteiger partial charge in [-0.2, -0.15) is 11.8 Å². The van der Waals surface area contributed by atoms with Crippen LogP contribution in [0.3, 0.4) is 0 Å². The number of hydrogen-bond acceptors (Lipinski definition) is 4. The Balaban J connectivity index is 3.67. The molecule has 5 nitrogen and oxygen atoms in total. The second-order valence-electron chi connectivity index (χ2n) is 4.95. The van der Waals surface area contributed by atoms with Crippen molar-refractivity contribution in [3.05, 3.63) is 0 Å². The van der Waals surface area contributed by atoms with Gasteiger partial charge in [-0.15, -0.1) is 0 Å². The number of aliphatic hydroxyl groups excluding tert-OH is 1. The SMILES string of the molecule is CC(C)(CC(=O)O)CC(=O)NCCSCCCO. The number of thioether (sulfide) groups is 1. The first-order chi connectivity index (χ1) is 8.37. The Labute approximate surface area is 112 Å². The van der Waals surface area contributed by atoms with Gasteiger partial charge in [0.1, 0.15) is 0 Å². The highest BCUT2D eigenvalue weighted by Gasteiger charge is 2.24. The predicted molar refractivity (Wildman–Crippen MR) is 72.7 cm³/mol. The van der Waals surface area contributed by atoms with Gasteiger partial charge in [0.2, 0.25) is 5.91 Å². The van der Waals surface area contributed by atoms with E-state index in [1.165, 1.54) is 0 Å². The molecule has 0 aromatic rings. The van der Waals surface area contributed by atoms with Crippen LogP contribution in [0, 0.1) is 5.41 Å². The van der Waals surface area contributed by atoms with E-state index in [4.69, 9.17) is 10.2 Å². The van der Waals surface area contributed by atoms with Crippen LogP contribution in [0.4, 0.5) is 0 Å². The molecule has 6 heteroatoms. The van der Waals surface area contributed by atoms with E-state index in [-0.39, 0.29) is 25.4 Å². The topological polar surface area (TPSA) is 86.6 Å². The van der Waals surface area contributed by atoms with Crippen LogP contribution < -0.4 is 5.32 Å². The molecule has 0 spiro atoms. The van der Waals surface area contributed by atoms with Crippen LogP contribution in [0.2, 0.25) is 0 Å². The number of amides is 1. The van der Waals surface area contributed by atoms with Crippen LogP contribution >= 0.6 is 11.8 Å². The minimum absolute atomic E-state index is 0.00826. The van der Waals surface area contributed by atoms with Crippen LogP contribution in [-0.2, 0) is 9.59 Å². The number of carbonyl (C=O) groups excluding carboxylic acids is 1. The number of aliphatic hydroxyl groups is 1. The van der Waals surface area contributed by atoms with Crippen LogP contribution in [0.25, 0.3) is 0 Å². The Hall–Kier alpha value is -0.750. The van der Waals surface area contributed by atoms with Crippen molar-refractivity contribution in [1.82, 2.24) is 5.32 Å². The van der Waals surface area contributed by atoms with Gasteiger partial charge in [0.05, 0.1) is 6.42 Å². The maximum absolute atomic E-state index is 11.6. The highest BCUT2D eigenvalue weighted by Crippen LogP contribution is 2.24. The van der Waals surface area contributed by atoms with Gasteiger partial charge in [0, 0.05) is 25.3 Å². The van der Waals surface area contributed by atoms with E-state index in [9.17, 15) is 9.59 Å². The van der Waals surface area contributed by atoms with Crippen LogP contribution in [0.5, 0.6) is 0 Å². The zero-order valence-electron chi connectivity index (χ0n) is 11.1. The van der Waals surface area contributed by atoms with Crippen molar-refractivity contribution >= 4 is 23.6 Å². The number of carboxylic acids is 1. The molecule has 0 aliphatic rings. The number of nitrogens with one attached hydrogen (secondary N) is 1. The smallest absolute Gasteiger partial charge is 0.303 e. The number of carboxylic acid groups (broad SMARTS) is 1. The third-order valence-corrected chi connectivity index (χ3v) is 3.35. The molecule has 3 N–H and O–H groups in total. The van der Waals surface area contributed by atoms with E-state index in [0.717, 1.165) is 17.9 Å². The van der Waals surface area contributed by atoms with E-state index in [1.807, 2.05) is 0 Å². The highest BCUT2D eigenvalue weighted by molar-refractivity contribution is 7.99. The summed E-state index contributed by atoms with van der Waals surface area (Å²) in [6.07, 6.45) is 0.983. The summed E-state index contributed by atoms with van der Waals surface area (Å²) in [6, 6.07) is 0. The molecule has 0 rings (SSSR count). The molecule has 0 saturated heterocycles. The van der Waals surface area contributed by atoms with E-state index in [0.29, 0.717) is 6.54 Å². The first kappa shape index (κ1) is 17.2. The second-order valence-corrected chi connectivity index (χ2v) is 6.18. The molecule has 0 saturated carbocycles. The fraction of sp³-hybridized carbons (Fsp3) is 0.833. The first-order valence-electron chi connectivity index (χ1n) is 6.04. The summed E-state index contributed by atoms with van der Waals surface area (Å²) in [7, 11) is 0. The van der Waals surface area contributed by atoms with E-state index in [2.05, 4.69) is 5.32 Å². The zero-order chi connectivity index (χ0) is 14.0. The van der Waals surface area contributed by atoms with Crippen molar-refractivity contribution in [3.8, 4) is 0 Å². The van der Waals surface area contributed by atoms with E-state index in [1.54, 1.807) is 25.6 Å². The van der Waals surface area contributed by atoms with E-state index >= 15 is 0 Å². The molecule has 0 aromatic heterocycles. The van der Waals surface area contributed by atoms with Crippen LogP contribution in [-0.4, -0.2) is 46.7 Å². The minimum Gasteiger partial charge on any atom is -0.481 e. The summed E-state index contributed by atoms with van der Waals surface area (Å²) in [6.45, 7) is 4.33. The lowest BCUT2D eigenvalue weighted by Crippen LogP contribution is -2.31. The van der Waals surface area contributed by atoms with Gasteiger partial charge in [-0.1, -0.05) is 13.8 Å². The predicted octanol–water partition coefficient (Wildman–Crippen LogP) is 1.11. The third-order valence-electron chi connectivity index (χ3n) is 2.28. The molecular formula is C12H23NO4S. The molecule has 0 radical (unpaired) electrons. The summed E-state index contributed by atoms with van der Waals surface area (Å²) < 4.78 is 0. The monoisotopic (exact) mass is 277 g/mol. The summed E-state index contributed by atoms with van der Waals surface area (Å²) in [5.74, 6) is 0.707. The average molecular weight is 277 g/mol. The molecule has 106 valence electrons. The number of aliphatic carboxylic acids is 1. The van der Waals surface area contributed by atoms with Crippen molar-refractivity contribution in [3.63, 3.8) is 0 Å². The summed E-state index contributed by atoms with van der Waals surface area (Å²) >= 11 is 1.68. The summed E-state index contributed by atoms with van der Waals surface area (Å²) in [4.78, 5) is 22.2. The molecular weight excluding hydrogens is 254 g/mol. The lowest BCUT2D eigenvalue weighted by atomic mass is 9.85. The van der Waals surface area contributed by atoms with Crippen LogP contribution in [0.15, 0.2) is 0 Å². The van der Waals surface area contributed by atoms with E-state index < -0.39 is 11.4 Å². The van der Waals surface area contributed by atoms with Crippen molar-refractivity contribution < 1.29 is 19.8 Å². The molecule has 0 aromatic carbocycles. The van der Waals surface area contributed by atoms with Gasteiger partial charge in [0.25, 0.3) is 0 Å². The highest BCUT2D eigenvalue weighted by atomic mass is 32.2. The lowest BCUT2D eigenvalue weighted by molar-refractivity contribution is -0.139. The normalized spacial score (nSPS) is 11.3. The van der Waals surface area contributed by atoms with Gasteiger partial charge in [-0.25, -0.2) is 0 Å². The van der Waals surface area contributed by atoms with Crippen molar-refractivity contribution in [2.75, 3.05) is 24.7 Å².